The molecule has 0 bridgehead atoms. The molecule has 2 saturated heterocycles. The number of nitrogens with one attached hydrogen (secondary N) is 2. The highest BCUT2D eigenvalue weighted by atomic mass is 19.1. The molecule has 8 rings (SSSR count). The second kappa shape index (κ2) is 13.6. The predicted octanol–water partition coefficient (Wildman–Crippen LogP) is 4.23. The fourth-order valence-electron chi connectivity index (χ4n) is 7.45. The molecule has 2 N–H and O–H groups in total. The van der Waals surface area contributed by atoms with Crippen molar-refractivity contribution < 1.29 is 27.9 Å². The molecule has 0 unspecified atom stereocenters. The number of carbonyl (C=O) groups is 2. The van der Waals surface area contributed by atoms with Gasteiger partial charge in [-0.15, -0.1) is 0 Å². The third-order valence-corrected chi connectivity index (χ3v) is 10.0. The molecule has 2 aromatic heterocycles. The lowest BCUT2D eigenvalue weighted by atomic mass is 10.0. The number of ether oxygens (including phenoxy) is 2. The van der Waals surface area contributed by atoms with Crippen LogP contribution in [0.15, 0.2) is 57.9 Å². The Balaban J connectivity index is 1.17. The average Bonchev–Trinajstić information content (AvgIpc) is 3.72. The Hall–Kier alpha value is -4.98. The number of nitrogens with zero attached hydrogens (tertiary/aromatic N) is 4. The number of amides is 2. The van der Waals surface area contributed by atoms with Crippen LogP contribution in [0.1, 0.15) is 29.6 Å². The predicted molar refractivity (Wildman–Crippen MR) is 193 cm³/mol. The van der Waals surface area contributed by atoms with Crippen molar-refractivity contribution in [3.8, 4) is 17.2 Å². The van der Waals surface area contributed by atoms with E-state index in [1.54, 1.807) is 4.57 Å². The van der Waals surface area contributed by atoms with Crippen molar-refractivity contribution in [3.05, 3.63) is 70.3 Å². The quantitative estimate of drug-likeness (QED) is 0.203. The number of unbranched alkanes of at least 4 members (excludes halogenated alkanes) is 1. The number of carbonyl (C=O) groups excluding carboxylic acids is 2. The maximum absolute atomic E-state index is 16.4. The normalized spacial score (nSPS) is 17.3. The van der Waals surface area contributed by atoms with Crippen molar-refractivity contribution >= 4 is 50.3 Å². The van der Waals surface area contributed by atoms with Crippen LogP contribution in [-0.4, -0.2) is 105 Å². The molecule has 13 heteroatoms. The number of furan rings is 1. The van der Waals surface area contributed by atoms with Crippen molar-refractivity contribution in [1.29, 1.82) is 0 Å². The fourth-order valence-corrected chi connectivity index (χ4v) is 7.45. The van der Waals surface area contributed by atoms with Crippen LogP contribution >= 0.6 is 0 Å². The smallest absolute Gasteiger partial charge is 0.256 e. The van der Waals surface area contributed by atoms with Crippen LogP contribution in [0.5, 0.6) is 11.5 Å². The van der Waals surface area contributed by atoms with Gasteiger partial charge in [-0.25, -0.2) is 4.39 Å². The van der Waals surface area contributed by atoms with Gasteiger partial charge in [0.1, 0.15) is 27.9 Å². The van der Waals surface area contributed by atoms with Gasteiger partial charge in [0.05, 0.1) is 30.8 Å². The zero-order valence-electron chi connectivity index (χ0n) is 28.8. The molecule has 5 aromatic rings. The van der Waals surface area contributed by atoms with Crippen molar-refractivity contribution in [2.24, 2.45) is 0 Å². The third kappa shape index (κ3) is 6.30. The summed E-state index contributed by atoms with van der Waals surface area (Å²) < 4.78 is 36.4. The number of morpholine rings is 1. The summed E-state index contributed by atoms with van der Waals surface area (Å²) in [4.78, 5) is 46.4. The number of para-hydroxylation sites is 1. The van der Waals surface area contributed by atoms with E-state index in [0.717, 1.165) is 30.2 Å². The number of hydrogen-bond donors (Lipinski definition) is 2. The Labute approximate surface area is 293 Å². The van der Waals surface area contributed by atoms with E-state index in [-0.39, 0.29) is 40.9 Å². The number of halogens is 1. The first-order chi connectivity index (χ1) is 24.7. The minimum atomic E-state index is -0.638. The Morgan fingerprint density at radius 3 is 2.65 bits per heavy atom. The van der Waals surface area contributed by atoms with E-state index >= 15 is 4.39 Å². The van der Waals surface area contributed by atoms with E-state index in [4.69, 9.17) is 13.9 Å². The first kappa shape index (κ1) is 33.2. The lowest BCUT2D eigenvalue weighted by Gasteiger charge is -2.29. The molecule has 5 heterocycles. The SMILES string of the molecule is CN(C)CCCCNC(=O)c1cn2c3c(c(N4CC[C@@H](NC(=O)CN5CCOCC5)C4)c(F)cc3c1=O)Oc1cc3c(cc1-2)oc1ccccc13. The maximum Gasteiger partial charge on any atom is 0.256 e. The molecule has 0 aliphatic carbocycles. The van der Waals surface area contributed by atoms with Crippen LogP contribution in [0.4, 0.5) is 10.1 Å². The van der Waals surface area contributed by atoms with Gasteiger partial charge in [0, 0.05) is 61.8 Å². The molecular weight excluding hydrogens is 655 g/mol. The summed E-state index contributed by atoms with van der Waals surface area (Å²) in [5.41, 5.74) is 1.78. The number of fused-ring (bicyclic) bond motifs is 5. The summed E-state index contributed by atoms with van der Waals surface area (Å²) in [5, 5.41) is 7.76. The zero-order valence-corrected chi connectivity index (χ0v) is 28.8. The number of aromatic nitrogens is 1. The monoisotopic (exact) mass is 696 g/mol. The van der Waals surface area contributed by atoms with Gasteiger partial charge in [-0.3, -0.25) is 19.3 Å². The zero-order chi connectivity index (χ0) is 35.2. The lowest BCUT2D eigenvalue weighted by molar-refractivity contribution is -0.123. The highest BCUT2D eigenvalue weighted by Crippen LogP contribution is 2.49. The Kier molecular flexibility index (Phi) is 8.86. The molecule has 3 aromatic carbocycles. The van der Waals surface area contributed by atoms with Gasteiger partial charge in [0.2, 0.25) is 11.3 Å². The van der Waals surface area contributed by atoms with Crippen LogP contribution in [0.25, 0.3) is 38.5 Å². The first-order valence-electron chi connectivity index (χ1n) is 17.6. The van der Waals surface area contributed by atoms with Crippen LogP contribution in [0, 0.1) is 5.82 Å². The molecule has 3 aliphatic heterocycles. The molecule has 2 amide bonds. The molecule has 12 nitrogen and oxygen atoms in total. The topological polar surface area (TPSA) is 122 Å². The van der Waals surface area contributed by atoms with Crippen molar-refractivity contribution in [2.45, 2.75) is 25.3 Å². The molecule has 2 fully saturated rings. The van der Waals surface area contributed by atoms with Gasteiger partial charge in [-0.1, -0.05) is 18.2 Å². The summed E-state index contributed by atoms with van der Waals surface area (Å²) in [6.07, 6.45) is 3.78. The highest BCUT2D eigenvalue weighted by molar-refractivity contribution is 6.07. The summed E-state index contributed by atoms with van der Waals surface area (Å²) >= 11 is 0. The number of benzene rings is 3. The molecule has 0 saturated carbocycles. The lowest BCUT2D eigenvalue weighted by Crippen LogP contribution is -2.46. The van der Waals surface area contributed by atoms with Crippen molar-refractivity contribution in [1.82, 2.24) is 25.0 Å². The summed E-state index contributed by atoms with van der Waals surface area (Å²) in [5.74, 6) is -0.612. The molecule has 0 spiro atoms. The van der Waals surface area contributed by atoms with E-state index in [2.05, 4.69) is 20.4 Å². The second-order valence-corrected chi connectivity index (χ2v) is 13.8. The van der Waals surface area contributed by atoms with Gasteiger partial charge in [-0.2, -0.15) is 0 Å². The van der Waals surface area contributed by atoms with Crippen LogP contribution in [0.2, 0.25) is 0 Å². The average molecular weight is 697 g/mol. The Bertz CT molecular complexity index is 2220. The Morgan fingerprint density at radius 2 is 1.82 bits per heavy atom. The second-order valence-electron chi connectivity index (χ2n) is 13.8. The van der Waals surface area contributed by atoms with E-state index in [1.165, 1.54) is 12.3 Å². The summed E-state index contributed by atoms with van der Waals surface area (Å²) in [6, 6.07) is 12.4. The van der Waals surface area contributed by atoms with Gasteiger partial charge in [0.25, 0.3) is 5.91 Å². The number of hydrogen-bond acceptors (Lipinski definition) is 9. The Morgan fingerprint density at radius 1 is 1.00 bits per heavy atom. The van der Waals surface area contributed by atoms with E-state index in [9.17, 15) is 14.4 Å². The maximum atomic E-state index is 16.4. The van der Waals surface area contributed by atoms with E-state index in [1.807, 2.05) is 55.4 Å². The first-order valence-corrected chi connectivity index (χ1v) is 17.6. The molecule has 3 aliphatic rings. The van der Waals surface area contributed by atoms with Crippen LogP contribution in [-0.2, 0) is 9.53 Å². The van der Waals surface area contributed by atoms with Crippen molar-refractivity contribution in [2.75, 3.05) is 78.0 Å². The van der Waals surface area contributed by atoms with Gasteiger partial charge in [-0.05, 0) is 58.1 Å². The minimum Gasteiger partial charge on any atom is -0.456 e. The van der Waals surface area contributed by atoms with Crippen molar-refractivity contribution in [3.63, 3.8) is 0 Å². The molecule has 1 atom stereocenters. The van der Waals surface area contributed by atoms with Crippen LogP contribution < -0.4 is 25.7 Å². The number of anilines is 1. The number of pyridine rings is 1. The third-order valence-electron chi connectivity index (χ3n) is 10.0. The fraction of sp³-hybridized carbons (Fsp3) is 0.395. The van der Waals surface area contributed by atoms with Gasteiger partial charge in [0.15, 0.2) is 17.3 Å². The molecular formula is C38H41FN6O6. The highest BCUT2D eigenvalue weighted by Gasteiger charge is 2.34. The molecule has 0 radical (unpaired) electrons. The van der Waals surface area contributed by atoms with Crippen LogP contribution in [0.3, 0.4) is 0 Å². The van der Waals surface area contributed by atoms with E-state index in [0.29, 0.717) is 80.5 Å². The van der Waals surface area contributed by atoms with Gasteiger partial charge >= 0.3 is 0 Å². The van der Waals surface area contributed by atoms with Gasteiger partial charge < -0.3 is 38.9 Å². The number of rotatable bonds is 10. The molecule has 266 valence electrons. The summed E-state index contributed by atoms with van der Waals surface area (Å²) in [7, 11) is 3.99. The van der Waals surface area contributed by atoms with E-state index < -0.39 is 17.2 Å². The minimum absolute atomic E-state index is 0.0384. The largest absolute Gasteiger partial charge is 0.456 e. The molecule has 51 heavy (non-hydrogen) atoms. The standard InChI is InChI=1S/C38H41FN6O6/c1-42(2)11-6-5-10-40-38(48)27-21-45-29-19-31-25(24-7-3-4-8-30(24)50-31)18-32(29)51-37-34(45)26(36(27)47)17-28(39)35(37)44-12-9-23(20-44)41-33(46)22-43-13-15-49-16-14-43/h3-4,7-8,17-19,21,23H,5-6,9-16,20,22H2,1-2H3,(H,40,48)(H,41,46)/t23-/m1/s1. The summed E-state index contributed by atoms with van der Waals surface area (Å²) in [6.45, 7) is 5.03.